The molecule has 7 nitrogen and oxygen atoms in total. The Kier molecular flexibility index (Phi) is 7.24. The number of benzene rings is 1. The zero-order valence-electron chi connectivity index (χ0n) is 14.7. The number of hydrogen-bond donors (Lipinski definition) is 2. The maximum Gasteiger partial charge on any atom is 0.312 e. The van der Waals surface area contributed by atoms with Crippen LogP contribution in [-0.4, -0.2) is 68.2 Å². The van der Waals surface area contributed by atoms with E-state index < -0.39 is 12.1 Å². The minimum absolute atomic E-state index is 0.0573. The number of carbonyl (C=O) groups is 2. The van der Waals surface area contributed by atoms with Crippen molar-refractivity contribution in [3.8, 4) is 5.75 Å². The standard InChI is InChI=1S/C17H26N4O3S/c1-24-14-5-3-4-13(12-14)20-7-9-21(10-8-20)16(22)15(6-11-25-2)19-17(18)23/h3-5,12,15H,6-11H2,1-2H3,(H3,18,19,23)/t15-/m1/s1. The number of hydrogen-bond acceptors (Lipinski definition) is 5. The molecular weight excluding hydrogens is 340 g/mol. The van der Waals surface area contributed by atoms with E-state index in [-0.39, 0.29) is 5.91 Å². The van der Waals surface area contributed by atoms with Crippen LogP contribution in [0.25, 0.3) is 0 Å². The van der Waals surface area contributed by atoms with Gasteiger partial charge in [-0.25, -0.2) is 4.79 Å². The summed E-state index contributed by atoms with van der Waals surface area (Å²) in [7, 11) is 1.65. The summed E-state index contributed by atoms with van der Waals surface area (Å²) in [4.78, 5) is 27.9. The second kappa shape index (κ2) is 9.41. The molecule has 1 atom stereocenters. The second-order valence-corrected chi connectivity index (χ2v) is 6.84. The molecule has 1 saturated heterocycles. The van der Waals surface area contributed by atoms with E-state index in [1.807, 2.05) is 30.5 Å². The molecule has 1 heterocycles. The fourth-order valence-electron chi connectivity index (χ4n) is 2.88. The van der Waals surface area contributed by atoms with Crippen molar-refractivity contribution in [3.63, 3.8) is 0 Å². The summed E-state index contributed by atoms with van der Waals surface area (Å²) in [6.07, 6.45) is 2.55. The molecule has 0 aliphatic carbocycles. The van der Waals surface area contributed by atoms with Crippen LogP contribution in [0.15, 0.2) is 24.3 Å². The molecule has 1 aliphatic rings. The quantitative estimate of drug-likeness (QED) is 0.755. The first-order valence-electron chi connectivity index (χ1n) is 8.28. The normalized spacial score (nSPS) is 15.6. The van der Waals surface area contributed by atoms with Gasteiger partial charge < -0.3 is 25.6 Å². The number of primary amides is 1. The number of piperazine rings is 1. The Labute approximate surface area is 152 Å². The number of rotatable bonds is 7. The van der Waals surface area contributed by atoms with Crippen LogP contribution in [0.4, 0.5) is 10.5 Å². The smallest absolute Gasteiger partial charge is 0.312 e. The van der Waals surface area contributed by atoms with E-state index >= 15 is 0 Å². The molecule has 25 heavy (non-hydrogen) atoms. The van der Waals surface area contributed by atoms with Gasteiger partial charge in [0.05, 0.1) is 7.11 Å². The van der Waals surface area contributed by atoms with Crippen LogP contribution in [-0.2, 0) is 4.79 Å². The largest absolute Gasteiger partial charge is 0.497 e. The summed E-state index contributed by atoms with van der Waals surface area (Å²) in [5.41, 5.74) is 6.29. The van der Waals surface area contributed by atoms with Gasteiger partial charge in [0.25, 0.3) is 0 Å². The van der Waals surface area contributed by atoms with E-state index in [4.69, 9.17) is 10.5 Å². The van der Waals surface area contributed by atoms with E-state index in [1.165, 1.54) is 0 Å². The van der Waals surface area contributed by atoms with Crippen molar-refractivity contribution >= 4 is 29.4 Å². The van der Waals surface area contributed by atoms with Gasteiger partial charge in [0, 0.05) is 37.9 Å². The highest BCUT2D eigenvalue weighted by molar-refractivity contribution is 7.98. The van der Waals surface area contributed by atoms with Crippen LogP contribution < -0.4 is 20.7 Å². The third kappa shape index (κ3) is 5.45. The number of carbonyl (C=O) groups excluding carboxylic acids is 2. The Bertz CT molecular complexity index is 591. The minimum Gasteiger partial charge on any atom is -0.497 e. The van der Waals surface area contributed by atoms with E-state index in [2.05, 4.69) is 10.2 Å². The first kappa shape index (κ1) is 19.2. The number of thioether (sulfide) groups is 1. The summed E-state index contributed by atoms with van der Waals surface area (Å²) in [5, 5.41) is 2.57. The average Bonchev–Trinajstić information content (AvgIpc) is 2.64. The van der Waals surface area contributed by atoms with E-state index in [0.29, 0.717) is 19.5 Å². The van der Waals surface area contributed by atoms with E-state index in [1.54, 1.807) is 23.8 Å². The SMILES string of the molecule is COc1cccc(N2CCN(C(=O)[C@@H](CCSC)NC(N)=O)CC2)c1. The Morgan fingerprint density at radius 3 is 2.64 bits per heavy atom. The molecule has 0 aromatic heterocycles. The van der Waals surface area contributed by atoms with Gasteiger partial charge in [-0.05, 0) is 30.6 Å². The molecule has 138 valence electrons. The lowest BCUT2D eigenvalue weighted by atomic mass is 10.1. The van der Waals surface area contributed by atoms with Gasteiger partial charge >= 0.3 is 6.03 Å². The van der Waals surface area contributed by atoms with Gasteiger partial charge in [0.15, 0.2) is 0 Å². The fourth-order valence-corrected chi connectivity index (χ4v) is 3.35. The zero-order valence-corrected chi connectivity index (χ0v) is 15.6. The number of nitrogens with one attached hydrogen (secondary N) is 1. The molecule has 0 radical (unpaired) electrons. The summed E-state index contributed by atoms with van der Waals surface area (Å²) >= 11 is 1.64. The molecule has 8 heteroatoms. The molecular formula is C17H26N4O3S. The third-order valence-corrected chi connectivity index (χ3v) is 4.88. The summed E-state index contributed by atoms with van der Waals surface area (Å²) in [6, 6.07) is 6.70. The first-order chi connectivity index (χ1) is 12.0. The maximum absolute atomic E-state index is 12.7. The van der Waals surface area contributed by atoms with Gasteiger partial charge in [-0.15, -0.1) is 0 Å². The lowest BCUT2D eigenvalue weighted by molar-refractivity contribution is -0.133. The molecule has 3 amide bonds. The molecule has 3 N–H and O–H groups in total. The van der Waals surface area contributed by atoms with Crippen molar-refractivity contribution in [2.75, 3.05) is 50.2 Å². The predicted molar refractivity (Wildman–Crippen MR) is 101 cm³/mol. The zero-order chi connectivity index (χ0) is 18.2. The monoisotopic (exact) mass is 366 g/mol. The first-order valence-corrected chi connectivity index (χ1v) is 9.67. The average molecular weight is 366 g/mol. The lowest BCUT2D eigenvalue weighted by Crippen LogP contribution is -2.55. The molecule has 0 bridgehead atoms. The predicted octanol–water partition coefficient (Wildman–Crippen LogP) is 1.13. The van der Waals surface area contributed by atoms with E-state index in [9.17, 15) is 9.59 Å². The van der Waals surface area contributed by atoms with Crippen molar-refractivity contribution in [2.45, 2.75) is 12.5 Å². The number of methoxy groups -OCH3 is 1. The van der Waals surface area contributed by atoms with Crippen LogP contribution in [0, 0.1) is 0 Å². The Hall–Kier alpha value is -2.09. The van der Waals surface area contributed by atoms with Crippen molar-refractivity contribution < 1.29 is 14.3 Å². The number of ether oxygens (including phenoxy) is 1. The van der Waals surface area contributed by atoms with Crippen molar-refractivity contribution in [2.24, 2.45) is 5.73 Å². The Morgan fingerprint density at radius 2 is 2.04 bits per heavy atom. The van der Waals surface area contributed by atoms with Crippen LogP contribution in [0.2, 0.25) is 0 Å². The van der Waals surface area contributed by atoms with Gasteiger partial charge in [-0.1, -0.05) is 6.07 Å². The topological polar surface area (TPSA) is 87.9 Å². The maximum atomic E-state index is 12.7. The van der Waals surface area contributed by atoms with Crippen LogP contribution >= 0.6 is 11.8 Å². The number of anilines is 1. The number of nitrogens with zero attached hydrogens (tertiary/aromatic N) is 2. The molecule has 0 unspecified atom stereocenters. The molecule has 1 aromatic rings. The number of amides is 3. The van der Waals surface area contributed by atoms with Crippen molar-refractivity contribution in [1.29, 1.82) is 0 Å². The van der Waals surface area contributed by atoms with Gasteiger partial charge in [-0.2, -0.15) is 11.8 Å². The third-order valence-electron chi connectivity index (χ3n) is 4.24. The van der Waals surface area contributed by atoms with Crippen molar-refractivity contribution in [1.82, 2.24) is 10.2 Å². The van der Waals surface area contributed by atoms with Crippen LogP contribution in [0.5, 0.6) is 5.75 Å². The van der Waals surface area contributed by atoms with Crippen LogP contribution in [0.3, 0.4) is 0 Å². The molecule has 1 fully saturated rings. The molecule has 0 spiro atoms. The number of urea groups is 1. The highest BCUT2D eigenvalue weighted by atomic mass is 32.2. The summed E-state index contributed by atoms with van der Waals surface area (Å²) in [6.45, 7) is 2.72. The van der Waals surface area contributed by atoms with Crippen molar-refractivity contribution in [3.05, 3.63) is 24.3 Å². The molecule has 2 rings (SSSR count). The highest BCUT2D eigenvalue weighted by Gasteiger charge is 2.28. The Morgan fingerprint density at radius 1 is 1.32 bits per heavy atom. The summed E-state index contributed by atoms with van der Waals surface area (Å²) < 4.78 is 5.27. The Balaban J connectivity index is 1.94. The van der Waals surface area contributed by atoms with Crippen LogP contribution in [0.1, 0.15) is 6.42 Å². The van der Waals surface area contributed by atoms with Gasteiger partial charge in [0.2, 0.25) is 5.91 Å². The fraction of sp³-hybridized carbons (Fsp3) is 0.529. The number of nitrogens with two attached hydrogens (primary N) is 1. The molecule has 1 aromatic carbocycles. The van der Waals surface area contributed by atoms with Gasteiger partial charge in [-0.3, -0.25) is 4.79 Å². The lowest BCUT2D eigenvalue weighted by Gasteiger charge is -2.37. The highest BCUT2D eigenvalue weighted by Crippen LogP contribution is 2.22. The van der Waals surface area contributed by atoms with Gasteiger partial charge in [0.1, 0.15) is 11.8 Å². The minimum atomic E-state index is -0.658. The molecule has 1 aliphatic heterocycles. The summed E-state index contributed by atoms with van der Waals surface area (Å²) in [5.74, 6) is 1.55. The molecule has 0 saturated carbocycles. The van der Waals surface area contributed by atoms with E-state index in [0.717, 1.165) is 30.3 Å². The second-order valence-electron chi connectivity index (χ2n) is 5.86.